The van der Waals surface area contributed by atoms with Gasteiger partial charge in [0.1, 0.15) is 6.10 Å². The van der Waals surface area contributed by atoms with Gasteiger partial charge in [-0.15, -0.1) is 0 Å². The fourth-order valence-corrected chi connectivity index (χ4v) is 6.97. The molecular formula is C53H91NO5. The standard InChI is InChI=1S/C53H91NO5/c1-4-7-10-13-16-19-22-24-25-26-28-30-33-36-39-42-45-51(56)50(48-55)54-52(57)47-49(44-41-38-35-32-29-21-18-15-12-9-6-3)59-53(58)46-43-40-37-34-31-27-23-20-17-14-11-8-5-2/h8-9,11-12,14-15,17-18,20-21,23,27,29,31,49-51,55-56H,4-7,10,13,16,19,22,24-26,28,30,32-48H2,1-3H3,(H,54,57)/b11-8+,12-9+,17-14+,18-15+,23-20-,29-21-,31-27-. The summed E-state index contributed by atoms with van der Waals surface area (Å²) in [5.74, 6) is -0.562. The maximum Gasteiger partial charge on any atom is 0.306 e. The third-order valence-electron chi connectivity index (χ3n) is 10.6. The van der Waals surface area contributed by atoms with Crippen LogP contribution < -0.4 is 5.32 Å². The molecule has 6 heteroatoms. The molecule has 0 radical (unpaired) electrons. The van der Waals surface area contributed by atoms with Crippen LogP contribution >= 0.6 is 0 Å². The zero-order chi connectivity index (χ0) is 43.1. The van der Waals surface area contributed by atoms with Crippen molar-refractivity contribution in [2.45, 2.75) is 232 Å². The SMILES string of the molecule is CC/C=C/C=C/C=C\C=C/CCCCCC(=O)OC(CCCCC\C=C/C=C/C=C/CC)CC(=O)NC(CO)C(O)CCCCCCCCCCCCCCCCCC. The van der Waals surface area contributed by atoms with Crippen LogP contribution in [0.3, 0.4) is 0 Å². The monoisotopic (exact) mass is 822 g/mol. The predicted molar refractivity (Wildman–Crippen MR) is 254 cm³/mol. The lowest BCUT2D eigenvalue weighted by atomic mass is 10.0. The molecule has 0 bridgehead atoms. The lowest BCUT2D eigenvalue weighted by Gasteiger charge is -2.24. The minimum Gasteiger partial charge on any atom is -0.462 e. The fraction of sp³-hybridized carbons (Fsp3) is 0.698. The first kappa shape index (κ1) is 56.0. The quantitative estimate of drug-likeness (QED) is 0.0324. The van der Waals surface area contributed by atoms with E-state index >= 15 is 0 Å². The van der Waals surface area contributed by atoms with E-state index in [-0.39, 0.29) is 24.9 Å². The highest BCUT2D eigenvalue weighted by atomic mass is 16.5. The van der Waals surface area contributed by atoms with E-state index in [1.54, 1.807) is 0 Å². The highest BCUT2D eigenvalue weighted by molar-refractivity contribution is 5.77. The molecule has 0 aromatic heterocycles. The van der Waals surface area contributed by atoms with E-state index in [0.29, 0.717) is 19.3 Å². The Morgan fingerprint density at radius 1 is 0.508 bits per heavy atom. The zero-order valence-corrected chi connectivity index (χ0v) is 38.4. The Balaban J connectivity index is 4.61. The normalized spacial score (nSPS) is 14.1. The van der Waals surface area contributed by atoms with Gasteiger partial charge in [-0.3, -0.25) is 9.59 Å². The van der Waals surface area contributed by atoms with Gasteiger partial charge in [0, 0.05) is 6.42 Å². The fourth-order valence-electron chi connectivity index (χ4n) is 6.97. The Morgan fingerprint density at radius 2 is 0.915 bits per heavy atom. The van der Waals surface area contributed by atoms with Crippen LogP contribution in [0, 0.1) is 0 Å². The van der Waals surface area contributed by atoms with Crippen molar-refractivity contribution in [3.05, 3.63) is 85.1 Å². The number of aliphatic hydroxyl groups excluding tert-OH is 2. The minimum absolute atomic E-state index is 0.0341. The van der Waals surface area contributed by atoms with Crippen molar-refractivity contribution in [3.8, 4) is 0 Å². The van der Waals surface area contributed by atoms with Crippen molar-refractivity contribution >= 4 is 11.9 Å². The molecule has 0 saturated heterocycles. The van der Waals surface area contributed by atoms with Crippen LogP contribution in [-0.2, 0) is 14.3 Å². The second-order valence-electron chi connectivity index (χ2n) is 16.3. The summed E-state index contributed by atoms with van der Waals surface area (Å²) in [4.78, 5) is 26.0. The van der Waals surface area contributed by atoms with Crippen LogP contribution in [0.4, 0.5) is 0 Å². The number of rotatable bonds is 42. The van der Waals surface area contributed by atoms with Crippen LogP contribution in [0.15, 0.2) is 85.1 Å². The lowest BCUT2D eigenvalue weighted by molar-refractivity contribution is -0.151. The third kappa shape index (κ3) is 41.6. The Labute approximate surface area is 363 Å². The molecule has 0 saturated carbocycles. The molecule has 59 heavy (non-hydrogen) atoms. The molecule has 6 nitrogen and oxygen atoms in total. The first-order valence-electron chi connectivity index (χ1n) is 24.4. The number of nitrogens with one attached hydrogen (secondary N) is 1. The number of ether oxygens (including phenoxy) is 1. The van der Waals surface area contributed by atoms with Gasteiger partial charge in [0.15, 0.2) is 0 Å². The summed E-state index contributed by atoms with van der Waals surface area (Å²) in [5.41, 5.74) is 0. The maximum absolute atomic E-state index is 13.2. The van der Waals surface area contributed by atoms with Crippen molar-refractivity contribution in [1.82, 2.24) is 5.32 Å². The topological polar surface area (TPSA) is 95.9 Å². The second kappa shape index (κ2) is 46.1. The van der Waals surface area contributed by atoms with Crippen LogP contribution in [0.1, 0.15) is 213 Å². The number of carbonyl (C=O) groups excluding carboxylic acids is 2. The second-order valence-corrected chi connectivity index (χ2v) is 16.3. The number of carbonyl (C=O) groups is 2. The molecule has 0 aliphatic carbocycles. The van der Waals surface area contributed by atoms with Crippen molar-refractivity contribution < 1.29 is 24.5 Å². The van der Waals surface area contributed by atoms with Crippen LogP contribution in [0.5, 0.6) is 0 Å². The molecule has 0 rings (SSSR count). The van der Waals surface area contributed by atoms with Crippen LogP contribution in [0.2, 0.25) is 0 Å². The molecule has 0 aromatic carbocycles. The van der Waals surface area contributed by atoms with E-state index in [1.165, 1.54) is 83.5 Å². The summed E-state index contributed by atoms with van der Waals surface area (Å²) in [7, 11) is 0. The van der Waals surface area contributed by atoms with Gasteiger partial charge in [-0.2, -0.15) is 0 Å². The van der Waals surface area contributed by atoms with Crippen LogP contribution in [-0.4, -0.2) is 46.9 Å². The van der Waals surface area contributed by atoms with Gasteiger partial charge in [-0.1, -0.05) is 221 Å². The number of hydrogen-bond acceptors (Lipinski definition) is 5. The molecule has 1 amide bonds. The summed E-state index contributed by atoms with van der Waals surface area (Å²) in [6, 6.07) is -0.725. The summed E-state index contributed by atoms with van der Waals surface area (Å²) < 4.78 is 5.87. The highest BCUT2D eigenvalue weighted by Gasteiger charge is 2.24. The lowest BCUT2D eigenvalue weighted by Crippen LogP contribution is -2.46. The van der Waals surface area contributed by atoms with Crippen molar-refractivity contribution in [1.29, 1.82) is 0 Å². The number of amides is 1. The molecule has 3 atom stereocenters. The number of unbranched alkanes of at least 4 members (excludes halogenated alkanes) is 21. The molecule has 0 spiro atoms. The number of allylic oxidation sites excluding steroid dienone is 14. The minimum atomic E-state index is -0.808. The number of aliphatic hydroxyl groups is 2. The molecule has 0 aliphatic heterocycles. The Kier molecular flexibility index (Phi) is 43.8. The van der Waals surface area contributed by atoms with Gasteiger partial charge in [0.25, 0.3) is 0 Å². The third-order valence-corrected chi connectivity index (χ3v) is 10.6. The maximum atomic E-state index is 13.2. The zero-order valence-electron chi connectivity index (χ0n) is 38.4. The first-order valence-corrected chi connectivity index (χ1v) is 24.4. The number of esters is 1. The summed E-state index contributed by atoms with van der Waals surface area (Å²) >= 11 is 0. The molecule has 3 unspecified atom stereocenters. The van der Waals surface area contributed by atoms with Gasteiger partial charge in [0.05, 0.1) is 25.2 Å². The van der Waals surface area contributed by atoms with E-state index < -0.39 is 18.2 Å². The molecule has 0 fully saturated rings. The van der Waals surface area contributed by atoms with E-state index in [1.807, 2.05) is 42.5 Å². The molecule has 0 aliphatic rings. The molecule has 3 N–H and O–H groups in total. The van der Waals surface area contributed by atoms with Gasteiger partial charge in [0.2, 0.25) is 5.91 Å². The molecule has 338 valence electrons. The predicted octanol–water partition coefficient (Wildman–Crippen LogP) is 14.4. The van der Waals surface area contributed by atoms with Crippen molar-refractivity contribution in [2.24, 2.45) is 0 Å². The smallest absolute Gasteiger partial charge is 0.306 e. The van der Waals surface area contributed by atoms with E-state index in [9.17, 15) is 19.8 Å². The van der Waals surface area contributed by atoms with Gasteiger partial charge < -0.3 is 20.3 Å². The highest BCUT2D eigenvalue weighted by Crippen LogP contribution is 2.17. The average Bonchev–Trinajstić information content (AvgIpc) is 3.23. The Bertz CT molecular complexity index is 1150. The van der Waals surface area contributed by atoms with Gasteiger partial charge in [-0.05, 0) is 64.2 Å². The summed E-state index contributed by atoms with van der Waals surface area (Å²) in [5, 5.41) is 23.7. The molecule has 0 heterocycles. The van der Waals surface area contributed by atoms with Gasteiger partial charge in [-0.25, -0.2) is 0 Å². The molecule has 0 aromatic rings. The van der Waals surface area contributed by atoms with E-state index in [2.05, 4.69) is 68.6 Å². The van der Waals surface area contributed by atoms with Crippen LogP contribution in [0.25, 0.3) is 0 Å². The largest absolute Gasteiger partial charge is 0.462 e. The van der Waals surface area contributed by atoms with Gasteiger partial charge >= 0.3 is 5.97 Å². The Hall–Kier alpha value is -2.96. The number of hydrogen-bond donors (Lipinski definition) is 3. The summed E-state index contributed by atoms with van der Waals surface area (Å²) in [6.07, 6.45) is 59.3. The first-order chi connectivity index (χ1) is 29.0. The van der Waals surface area contributed by atoms with Crippen molar-refractivity contribution in [3.63, 3.8) is 0 Å². The summed E-state index contributed by atoms with van der Waals surface area (Å²) in [6.45, 7) is 6.18. The van der Waals surface area contributed by atoms with Crippen molar-refractivity contribution in [2.75, 3.05) is 6.61 Å². The van der Waals surface area contributed by atoms with E-state index in [0.717, 1.165) is 83.5 Å². The van der Waals surface area contributed by atoms with E-state index in [4.69, 9.17) is 4.74 Å². The molecular weight excluding hydrogens is 731 g/mol. The average molecular weight is 822 g/mol. The Morgan fingerprint density at radius 3 is 1.39 bits per heavy atom.